The zero-order valence-electron chi connectivity index (χ0n) is 12.0. The van der Waals surface area contributed by atoms with E-state index >= 15 is 0 Å². The number of thiocarbonyl (C=S) groups is 1. The minimum atomic E-state index is -0.279. The topological polar surface area (TPSA) is 29.3 Å². The number of hydrogen-bond donors (Lipinski definition) is 0. The van der Waals surface area contributed by atoms with Crippen molar-refractivity contribution in [1.82, 2.24) is 4.90 Å². The Labute approximate surface area is 134 Å². The molecule has 0 bridgehead atoms. The van der Waals surface area contributed by atoms with Crippen molar-refractivity contribution in [2.24, 2.45) is 0 Å². The minimum absolute atomic E-state index is 0.222. The highest BCUT2D eigenvalue weighted by atomic mass is 32.2. The first-order valence-corrected chi connectivity index (χ1v) is 8.76. The van der Waals surface area contributed by atoms with Gasteiger partial charge in [-0.15, -0.1) is 11.8 Å². The Bertz CT molecular complexity index is 540. The predicted octanol–water partition coefficient (Wildman–Crippen LogP) is 3.41. The van der Waals surface area contributed by atoms with Crippen molar-refractivity contribution < 1.29 is 4.74 Å². The van der Waals surface area contributed by atoms with Crippen molar-refractivity contribution >= 4 is 46.3 Å². The Kier molecular flexibility index (Phi) is 4.66. The van der Waals surface area contributed by atoms with Crippen molar-refractivity contribution in [3.05, 3.63) is 35.0 Å². The fraction of sp³-hybridized carbons (Fsp3) is 0.429. The van der Waals surface area contributed by atoms with E-state index in [0.29, 0.717) is 0 Å². The van der Waals surface area contributed by atoms with Gasteiger partial charge in [0.15, 0.2) is 6.21 Å². The molecular weight excluding hydrogens is 308 g/mol. The van der Waals surface area contributed by atoms with Crippen LogP contribution in [-0.4, -0.2) is 44.4 Å². The molecule has 2 rings (SSSR count). The summed E-state index contributed by atoms with van der Waals surface area (Å²) in [5.74, 6) is 0. The van der Waals surface area contributed by atoms with Gasteiger partial charge in [-0.25, -0.2) is 0 Å². The van der Waals surface area contributed by atoms with Gasteiger partial charge in [-0.1, -0.05) is 12.2 Å². The van der Waals surface area contributed by atoms with E-state index in [2.05, 4.69) is 0 Å². The smallest absolute Gasteiger partial charge is 0.238 e. The number of nitrogens with zero attached hydrogens (tertiary/aromatic N) is 2. The standard InChI is InChI=1S/C14H18N2OS3/c1-14(2)12(20-13(18)15(14)3)16(17)9-10-5-7-11(19-4)8-6-10/h5-9,12H,1-4H3. The van der Waals surface area contributed by atoms with Crippen LogP contribution in [-0.2, 0) is 0 Å². The molecule has 1 fully saturated rings. The number of hydroxylamine groups is 1. The highest BCUT2D eigenvalue weighted by Gasteiger charge is 2.48. The molecule has 0 saturated carbocycles. The number of thioether (sulfide) groups is 2. The van der Waals surface area contributed by atoms with Crippen LogP contribution in [0.1, 0.15) is 19.4 Å². The normalized spacial score (nSPS) is 22.4. The maximum absolute atomic E-state index is 12.4. The summed E-state index contributed by atoms with van der Waals surface area (Å²) in [6, 6.07) is 7.97. The summed E-state index contributed by atoms with van der Waals surface area (Å²) < 4.78 is 1.79. The van der Waals surface area contributed by atoms with Crippen molar-refractivity contribution in [3.63, 3.8) is 0 Å². The van der Waals surface area contributed by atoms with Crippen molar-refractivity contribution in [3.8, 4) is 0 Å². The molecule has 1 aromatic rings. The number of hydrogen-bond acceptors (Lipinski definition) is 4. The lowest BCUT2D eigenvalue weighted by atomic mass is 10.0. The summed E-state index contributed by atoms with van der Waals surface area (Å²) in [6.45, 7) is 4.08. The van der Waals surface area contributed by atoms with Gasteiger partial charge in [0.25, 0.3) is 0 Å². The van der Waals surface area contributed by atoms with Crippen LogP contribution in [0.15, 0.2) is 29.2 Å². The lowest BCUT2D eigenvalue weighted by Crippen LogP contribution is -2.47. The predicted molar refractivity (Wildman–Crippen MR) is 92.8 cm³/mol. The highest BCUT2D eigenvalue weighted by molar-refractivity contribution is 8.23. The third-order valence-corrected chi connectivity index (χ3v) is 6.37. The van der Waals surface area contributed by atoms with Gasteiger partial charge >= 0.3 is 0 Å². The van der Waals surface area contributed by atoms with Gasteiger partial charge in [0.2, 0.25) is 5.37 Å². The number of likely N-dealkylation sites (N-methyl/N-ethyl adjacent to an activating group) is 1. The lowest BCUT2D eigenvalue weighted by Gasteiger charge is -2.30. The average Bonchev–Trinajstić information content (AvgIpc) is 2.63. The third-order valence-electron chi connectivity index (χ3n) is 3.58. The molecular formula is C14H18N2OS3. The molecule has 1 aliphatic heterocycles. The minimum Gasteiger partial charge on any atom is -0.623 e. The van der Waals surface area contributed by atoms with Crippen molar-refractivity contribution in [2.45, 2.75) is 29.7 Å². The molecule has 0 spiro atoms. The van der Waals surface area contributed by atoms with Crippen molar-refractivity contribution in [1.29, 1.82) is 0 Å². The maximum atomic E-state index is 12.4. The van der Waals surface area contributed by atoms with E-state index in [1.807, 2.05) is 56.3 Å². The second kappa shape index (κ2) is 5.95. The summed E-state index contributed by atoms with van der Waals surface area (Å²) in [5, 5.41) is 12.2. The molecule has 1 aromatic carbocycles. The molecule has 0 aliphatic carbocycles. The van der Waals surface area contributed by atoms with E-state index in [9.17, 15) is 5.21 Å². The molecule has 1 unspecified atom stereocenters. The molecule has 1 atom stereocenters. The zero-order chi connectivity index (χ0) is 14.9. The number of rotatable bonds is 3. The zero-order valence-corrected chi connectivity index (χ0v) is 14.4. The summed E-state index contributed by atoms with van der Waals surface area (Å²) in [5.41, 5.74) is 0.633. The van der Waals surface area contributed by atoms with Gasteiger partial charge in [-0.05, 0) is 56.1 Å². The molecule has 1 saturated heterocycles. The maximum Gasteiger partial charge on any atom is 0.238 e. The SMILES string of the molecule is CSc1ccc(C=[N+]([O-])C2SC(=S)N(C)C2(C)C)cc1. The van der Waals surface area contributed by atoms with Crippen LogP contribution in [0.25, 0.3) is 0 Å². The lowest BCUT2D eigenvalue weighted by molar-refractivity contribution is -0.480. The summed E-state index contributed by atoms with van der Waals surface area (Å²) in [6.07, 6.45) is 3.68. The van der Waals surface area contributed by atoms with Crippen LogP contribution in [0.5, 0.6) is 0 Å². The van der Waals surface area contributed by atoms with Gasteiger partial charge in [-0.2, -0.15) is 4.74 Å². The van der Waals surface area contributed by atoms with E-state index < -0.39 is 0 Å². The first kappa shape index (κ1) is 15.7. The fourth-order valence-electron chi connectivity index (χ4n) is 1.99. The van der Waals surface area contributed by atoms with Crippen LogP contribution in [0.3, 0.4) is 0 Å². The summed E-state index contributed by atoms with van der Waals surface area (Å²) in [4.78, 5) is 3.18. The van der Waals surface area contributed by atoms with Gasteiger partial charge in [-0.3, -0.25) is 0 Å². The molecule has 6 heteroatoms. The molecule has 20 heavy (non-hydrogen) atoms. The Morgan fingerprint density at radius 2 is 2.00 bits per heavy atom. The quantitative estimate of drug-likeness (QED) is 0.212. The largest absolute Gasteiger partial charge is 0.623 e. The first-order chi connectivity index (χ1) is 9.36. The van der Waals surface area contributed by atoms with Gasteiger partial charge < -0.3 is 10.1 Å². The van der Waals surface area contributed by atoms with Crippen LogP contribution in [0, 0.1) is 5.21 Å². The van der Waals surface area contributed by atoms with E-state index in [1.165, 1.54) is 16.7 Å². The van der Waals surface area contributed by atoms with E-state index in [1.54, 1.807) is 18.0 Å². The Hall–Kier alpha value is -0.720. The van der Waals surface area contributed by atoms with E-state index in [-0.39, 0.29) is 10.9 Å². The molecule has 0 radical (unpaired) electrons. The Morgan fingerprint density at radius 3 is 2.45 bits per heavy atom. The first-order valence-electron chi connectivity index (χ1n) is 6.25. The molecule has 0 aromatic heterocycles. The van der Waals surface area contributed by atoms with E-state index in [0.717, 1.165) is 14.6 Å². The summed E-state index contributed by atoms with van der Waals surface area (Å²) >= 11 is 8.43. The van der Waals surface area contributed by atoms with Crippen LogP contribution >= 0.6 is 35.7 Å². The molecule has 108 valence electrons. The Morgan fingerprint density at radius 1 is 1.40 bits per heavy atom. The van der Waals surface area contributed by atoms with E-state index in [4.69, 9.17) is 12.2 Å². The third kappa shape index (κ3) is 2.97. The molecule has 1 heterocycles. The number of benzene rings is 1. The van der Waals surface area contributed by atoms with Gasteiger partial charge in [0.05, 0.1) is 0 Å². The van der Waals surface area contributed by atoms with Crippen LogP contribution < -0.4 is 0 Å². The van der Waals surface area contributed by atoms with Gasteiger partial charge in [0, 0.05) is 17.5 Å². The molecule has 0 amide bonds. The second-order valence-corrected chi connectivity index (χ2v) is 7.80. The molecule has 0 N–H and O–H groups in total. The van der Waals surface area contributed by atoms with Crippen LogP contribution in [0.2, 0.25) is 0 Å². The van der Waals surface area contributed by atoms with Gasteiger partial charge in [0.1, 0.15) is 9.86 Å². The monoisotopic (exact) mass is 326 g/mol. The second-order valence-electron chi connectivity index (χ2n) is 5.21. The van der Waals surface area contributed by atoms with Crippen molar-refractivity contribution in [2.75, 3.05) is 13.3 Å². The fourth-order valence-corrected chi connectivity index (χ4v) is 4.10. The average molecular weight is 327 g/mol. The molecule has 1 aliphatic rings. The Balaban J connectivity index is 2.24. The van der Waals surface area contributed by atoms with Crippen LogP contribution in [0.4, 0.5) is 0 Å². The highest BCUT2D eigenvalue weighted by Crippen LogP contribution is 2.38. The molecule has 3 nitrogen and oxygen atoms in total. The summed E-state index contributed by atoms with van der Waals surface area (Å²) in [7, 11) is 1.94.